The van der Waals surface area contributed by atoms with E-state index in [2.05, 4.69) is 69.7 Å². The highest BCUT2D eigenvalue weighted by molar-refractivity contribution is 6.74. The first-order valence-electron chi connectivity index (χ1n) is 13.5. The van der Waals surface area contributed by atoms with Gasteiger partial charge in [-0.25, -0.2) is 0 Å². The minimum absolute atomic E-state index is 0.200. The fraction of sp³-hybridized carbons (Fsp3) is 0.516. The molecule has 0 bridgehead atoms. The third kappa shape index (κ3) is 5.96. The van der Waals surface area contributed by atoms with E-state index < -0.39 is 8.32 Å². The average molecular weight is 521 g/mol. The highest BCUT2D eigenvalue weighted by Gasteiger charge is 2.37. The third-order valence-electron chi connectivity index (χ3n) is 8.36. The minimum Gasteiger partial charge on any atom is -0.497 e. The summed E-state index contributed by atoms with van der Waals surface area (Å²) in [6.07, 6.45) is 5.74. The second-order valence-electron chi connectivity index (χ2n) is 11.8. The monoisotopic (exact) mass is 520 g/mol. The standard InChI is InChI=1S/C31H44N2O3Si/c1-31(2,3)37(7,8)36-21-25-16-24-17-27-22(18-29(24)33(25)4)12-10-9-11-13-28(27)32-20-23-14-15-26(34-5)19-30(23)35-6/h14-19H,9-13,20-21H2,1-8H3/b32-28+. The first-order chi connectivity index (χ1) is 17.5. The van der Waals surface area contributed by atoms with Crippen LogP contribution >= 0.6 is 0 Å². The predicted octanol–water partition coefficient (Wildman–Crippen LogP) is 7.82. The van der Waals surface area contributed by atoms with Gasteiger partial charge in [0.2, 0.25) is 0 Å². The van der Waals surface area contributed by atoms with Crippen molar-refractivity contribution in [2.75, 3.05) is 14.2 Å². The maximum atomic E-state index is 6.58. The van der Waals surface area contributed by atoms with Gasteiger partial charge in [-0.3, -0.25) is 4.99 Å². The number of hydrogen-bond donors (Lipinski definition) is 0. The number of rotatable bonds is 7. The number of methoxy groups -OCH3 is 2. The van der Waals surface area contributed by atoms with Crippen LogP contribution in [0.25, 0.3) is 10.9 Å². The second kappa shape index (κ2) is 11.0. The Bertz CT molecular complexity index is 1280. The van der Waals surface area contributed by atoms with Gasteiger partial charge in [0, 0.05) is 41.0 Å². The van der Waals surface area contributed by atoms with E-state index in [0.29, 0.717) is 13.2 Å². The van der Waals surface area contributed by atoms with Gasteiger partial charge in [0.15, 0.2) is 8.32 Å². The number of aromatic nitrogens is 1. The Kier molecular flexibility index (Phi) is 8.19. The number of benzene rings is 2. The molecule has 1 aliphatic rings. The summed E-state index contributed by atoms with van der Waals surface area (Å²) in [6.45, 7) is 12.8. The smallest absolute Gasteiger partial charge is 0.192 e. The van der Waals surface area contributed by atoms with Gasteiger partial charge in [-0.2, -0.15) is 0 Å². The topological polar surface area (TPSA) is 45.0 Å². The van der Waals surface area contributed by atoms with Crippen molar-refractivity contribution in [2.45, 2.75) is 84.2 Å². The lowest BCUT2D eigenvalue weighted by molar-refractivity contribution is 0.269. The van der Waals surface area contributed by atoms with Gasteiger partial charge in [0.05, 0.1) is 27.4 Å². The normalized spacial score (nSPS) is 15.9. The van der Waals surface area contributed by atoms with Crippen LogP contribution in [0.5, 0.6) is 11.5 Å². The summed E-state index contributed by atoms with van der Waals surface area (Å²) in [4.78, 5) is 5.16. The van der Waals surface area contributed by atoms with Crippen LogP contribution in [0.15, 0.2) is 41.4 Å². The predicted molar refractivity (Wildman–Crippen MR) is 157 cm³/mol. The molecule has 4 rings (SSSR count). The number of nitrogens with zero attached hydrogens (tertiary/aromatic N) is 2. The van der Waals surface area contributed by atoms with E-state index in [4.69, 9.17) is 18.9 Å². The highest BCUT2D eigenvalue weighted by Crippen LogP contribution is 2.37. The van der Waals surface area contributed by atoms with Gasteiger partial charge in [0.25, 0.3) is 0 Å². The Morgan fingerprint density at radius 1 is 0.946 bits per heavy atom. The summed E-state index contributed by atoms with van der Waals surface area (Å²) in [5.41, 5.74) is 7.51. The molecule has 0 fully saturated rings. The van der Waals surface area contributed by atoms with E-state index in [0.717, 1.165) is 29.9 Å². The zero-order valence-electron chi connectivity index (χ0n) is 24.0. The first kappa shape index (κ1) is 27.5. The molecule has 0 spiro atoms. The average Bonchev–Trinajstić information content (AvgIpc) is 3.16. The summed E-state index contributed by atoms with van der Waals surface area (Å²) < 4.78 is 19.9. The summed E-state index contributed by atoms with van der Waals surface area (Å²) in [5.74, 6) is 1.61. The molecule has 0 unspecified atom stereocenters. The molecule has 1 aromatic heterocycles. The maximum Gasteiger partial charge on any atom is 0.192 e. The van der Waals surface area contributed by atoms with Crippen LogP contribution in [-0.4, -0.2) is 32.8 Å². The summed E-state index contributed by atoms with van der Waals surface area (Å²) in [7, 11) is 3.74. The molecule has 200 valence electrons. The lowest BCUT2D eigenvalue weighted by Gasteiger charge is -2.36. The van der Waals surface area contributed by atoms with E-state index in [1.807, 2.05) is 12.1 Å². The fourth-order valence-electron chi connectivity index (χ4n) is 4.82. The number of aryl methyl sites for hydroxylation is 2. The van der Waals surface area contributed by atoms with Crippen molar-refractivity contribution in [3.05, 3.63) is 58.8 Å². The second-order valence-corrected chi connectivity index (χ2v) is 16.6. The quantitative estimate of drug-likeness (QED) is 0.298. The van der Waals surface area contributed by atoms with Crippen molar-refractivity contribution in [3.63, 3.8) is 0 Å². The third-order valence-corrected chi connectivity index (χ3v) is 12.8. The Morgan fingerprint density at radius 2 is 1.70 bits per heavy atom. The van der Waals surface area contributed by atoms with Gasteiger partial charge in [-0.05, 0) is 85.3 Å². The van der Waals surface area contributed by atoms with Crippen molar-refractivity contribution in [1.82, 2.24) is 4.57 Å². The molecule has 2 aromatic carbocycles. The van der Waals surface area contributed by atoms with E-state index in [9.17, 15) is 0 Å². The Balaban J connectivity index is 1.68. The van der Waals surface area contributed by atoms with Crippen LogP contribution in [0.3, 0.4) is 0 Å². The van der Waals surface area contributed by atoms with Crippen molar-refractivity contribution >= 4 is 24.9 Å². The molecule has 0 aliphatic heterocycles. The van der Waals surface area contributed by atoms with Crippen LogP contribution in [0, 0.1) is 0 Å². The minimum atomic E-state index is -1.82. The maximum absolute atomic E-state index is 6.58. The molecule has 0 saturated heterocycles. The summed E-state index contributed by atoms with van der Waals surface area (Å²) >= 11 is 0. The first-order valence-corrected chi connectivity index (χ1v) is 16.4. The molecule has 1 heterocycles. The van der Waals surface area contributed by atoms with Gasteiger partial charge in [-0.1, -0.05) is 27.2 Å². The van der Waals surface area contributed by atoms with Crippen LogP contribution in [0.1, 0.15) is 68.8 Å². The van der Waals surface area contributed by atoms with Crippen molar-refractivity contribution in [2.24, 2.45) is 12.0 Å². The van der Waals surface area contributed by atoms with E-state index >= 15 is 0 Å². The Hall–Kier alpha value is -2.57. The zero-order chi connectivity index (χ0) is 26.8. The molecule has 37 heavy (non-hydrogen) atoms. The molecule has 0 N–H and O–H groups in total. The molecular weight excluding hydrogens is 476 g/mol. The number of hydrogen-bond acceptors (Lipinski definition) is 4. The highest BCUT2D eigenvalue weighted by atomic mass is 28.4. The van der Waals surface area contributed by atoms with Crippen LogP contribution < -0.4 is 9.47 Å². The van der Waals surface area contributed by atoms with Crippen molar-refractivity contribution in [3.8, 4) is 11.5 Å². The molecule has 3 aromatic rings. The van der Waals surface area contributed by atoms with Crippen molar-refractivity contribution in [1.29, 1.82) is 0 Å². The summed E-state index contributed by atoms with van der Waals surface area (Å²) in [6, 6.07) is 13.0. The molecule has 0 amide bonds. The zero-order valence-corrected chi connectivity index (χ0v) is 25.0. The van der Waals surface area contributed by atoms with E-state index in [1.54, 1.807) is 14.2 Å². The van der Waals surface area contributed by atoms with Crippen LogP contribution in [0.4, 0.5) is 0 Å². The van der Waals surface area contributed by atoms with E-state index in [1.165, 1.54) is 52.7 Å². The lowest BCUT2D eigenvalue weighted by atomic mass is 9.90. The molecule has 0 saturated carbocycles. The molecule has 1 aliphatic carbocycles. The van der Waals surface area contributed by atoms with Gasteiger partial charge in [-0.15, -0.1) is 0 Å². The van der Waals surface area contributed by atoms with Gasteiger partial charge >= 0.3 is 0 Å². The van der Waals surface area contributed by atoms with Crippen LogP contribution in [0.2, 0.25) is 18.1 Å². The van der Waals surface area contributed by atoms with Crippen molar-refractivity contribution < 1.29 is 13.9 Å². The Morgan fingerprint density at radius 3 is 2.41 bits per heavy atom. The summed E-state index contributed by atoms with van der Waals surface area (Å²) in [5, 5.41) is 1.47. The molecule has 0 radical (unpaired) electrons. The lowest BCUT2D eigenvalue weighted by Crippen LogP contribution is -2.40. The van der Waals surface area contributed by atoms with E-state index in [-0.39, 0.29) is 5.04 Å². The van der Waals surface area contributed by atoms with Gasteiger partial charge in [0.1, 0.15) is 11.5 Å². The van der Waals surface area contributed by atoms with Crippen LogP contribution in [-0.2, 0) is 31.0 Å². The van der Waals surface area contributed by atoms with Gasteiger partial charge < -0.3 is 18.5 Å². The number of aliphatic imine (C=N–C) groups is 1. The number of fused-ring (bicyclic) bond motifs is 2. The molecule has 6 heteroatoms. The number of ether oxygens (including phenoxy) is 2. The SMILES string of the molecule is COc1ccc(C/N=C2\CCCCCc3cc4c(cc32)cc(CO[Si](C)(C)C(C)(C)C)n4C)c(OC)c1. The fourth-order valence-corrected chi connectivity index (χ4v) is 5.76. The Labute approximate surface area is 224 Å². The molecule has 0 atom stereocenters. The molecular formula is C31H44N2O3Si. The largest absolute Gasteiger partial charge is 0.497 e. The molecule has 5 nitrogen and oxygen atoms in total.